The van der Waals surface area contributed by atoms with E-state index in [4.69, 9.17) is 9.47 Å². The van der Waals surface area contributed by atoms with Gasteiger partial charge in [0.05, 0.1) is 12.7 Å². The highest BCUT2D eigenvalue weighted by Crippen LogP contribution is 2.33. The molecule has 0 N–H and O–H groups in total. The Morgan fingerprint density at radius 1 is 0.795 bits per heavy atom. The standard InChI is InChI=1S/C35H48O4/c1-3-4-5-6-7-8-9-10-11-12-13-14-15-16-17-20-30(36)24-29-22-23-33-32(26-29)35(37)34(39-33)27-28-19-18-21-31(25-28)38-2/h18-19,21-23,25-27H,3-17,20,24H2,1-2H3/b34-27-. The summed E-state index contributed by atoms with van der Waals surface area (Å²) in [5.74, 6) is 1.65. The third-order valence-corrected chi connectivity index (χ3v) is 7.58. The van der Waals surface area contributed by atoms with Crippen molar-refractivity contribution in [2.45, 2.75) is 116 Å². The minimum absolute atomic E-state index is 0.149. The maximum absolute atomic E-state index is 12.9. The van der Waals surface area contributed by atoms with Crippen LogP contribution in [0.2, 0.25) is 0 Å². The largest absolute Gasteiger partial charge is 0.497 e. The van der Waals surface area contributed by atoms with Crippen molar-refractivity contribution < 1.29 is 19.1 Å². The molecule has 4 nitrogen and oxygen atoms in total. The van der Waals surface area contributed by atoms with Gasteiger partial charge >= 0.3 is 0 Å². The number of rotatable bonds is 20. The molecule has 0 fully saturated rings. The fourth-order valence-electron chi connectivity index (χ4n) is 5.24. The fraction of sp³-hybridized carbons (Fsp3) is 0.543. The van der Waals surface area contributed by atoms with E-state index >= 15 is 0 Å². The van der Waals surface area contributed by atoms with E-state index < -0.39 is 0 Å². The van der Waals surface area contributed by atoms with Crippen molar-refractivity contribution in [3.8, 4) is 11.5 Å². The molecule has 4 heteroatoms. The number of fused-ring (bicyclic) bond motifs is 1. The number of ether oxygens (including phenoxy) is 2. The molecule has 1 heterocycles. The van der Waals surface area contributed by atoms with Gasteiger partial charge in [-0.05, 0) is 47.9 Å². The van der Waals surface area contributed by atoms with Crippen LogP contribution in [0.25, 0.3) is 6.08 Å². The van der Waals surface area contributed by atoms with E-state index in [1.807, 2.05) is 36.4 Å². The molecule has 1 aliphatic rings. The van der Waals surface area contributed by atoms with Crippen LogP contribution in [0.15, 0.2) is 48.2 Å². The highest BCUT2D eigenvalue weighted by atomic mass is 16.5. The summed E-state index contributed by atoms with van der Waals surface area (Å²) in [5.41, 5.74) is 2.24. The van der Waals surface area contributed by atoms with Crippen molar-refractivity contribution in [2.24, 2.45) is 0 Å². The molecule has 0 spiro atoms. The number of methoxy groups -OCH3 is 1. The minimum Gasteiger partial charge on any atom is -0.497 e. The third-order valence-electron chi connectivity index (χ3n) is 7.58. The van der Waals surface area contributed by atoms with Crippen LogP contribution in [0.5, 0.6) is 11.5 Å². The predicted molar refractivity (Wildman–Crippen MR) is 161 cm³/mol. The number of allylic oxidation sites excluding steroid dienone is 1. The van der Waals surface area contributed by atoms with Crippen molar-refractivity contribution in [2.75, 3.05) is 7.11 Å². The molecule has 39 heavy (non-hydrogen) atoms. The Bertz CT molecular complexity index is 1070. The lowest BCUT2D eigenvalue weighted by Crippen LogP contribution is -2.03. The topological polar surface area (TPSA) is 52.6 Å². The van der Waals surface area contributed by atoms with Gasteiger partial charge in [-0.3, -0.25) is 9.59 Å². The van der Waals surface area contributed by atoms with E-state index in [1.165, 1.54) is 83.5 Å². The van der Waals surface area contributed by atoms with Crippen LogP contribution in [-0.2, 0) is 11.2 Å². The van der Waals surface area contributed by atoms with E-state index in [0.29, 0.717) is 29.9 Å². The van der Waals surface area contributed by atoms with Crippen LogP contribution in [0.3, 0.4) is 0 Å². The molecule has 3 rings (SSSR count). The molecule has 0 saturated heterocycles. The normalized spacial score (nSPS) is 13.5. The number of benzene rings is 2. The molecule has 0 aromatic heterocycles. The van der Waals surface area contributed by atoms with Crippen molar-refractivity contribution >= 4 is 17.6 Å². The van der Waals surface area contributed by atoms with Crippen LogP contribution in [0.1, 0.15) is 131 Å². The molecular formula is C35H48O4. The maximum Gasteiger partial charge on any atom is 0.231 e. The summed E-state index contributed by atoms with van der Waals surface area (Å²) in [4.78, 5) is 25.5. The number of ketones is 2. The first-order valence-corrected chi connectivity index (χ1v) is 15.3. The van der Waals surface area contributed by atoms with Crippen molar-refractivity contribution in [1.82, 2.24) is 0 Å². The molecule has 0 atom stereocenters. The van der Waals surface area contributed by atoms with Gasteiger partial charge in [0.25, 0.3) is 0 Å². The second-order valence-electron chi connectivity index (χ2n) is 11.0. The average Bonchev–Trinajstić information content (AvgIpc) is 3.25. The third kappa shape index (κ3) is 11.0. The van der Waals surface area contributed by atoms with E-state index in [0.717, 1.165) is 29.7 Å². The molecule has 0 aliphatic carbocycles. The Balaban J connectivity index is 1.27. The van der Waals surface area contributed by atoms with E-state index in [-0.39, 0.29) is 11.6 Å². The minimum atomic E-state index is -0.149. The summed E-state index contributed by atoms with van der Waals surface area (Å²) in [5, 5.41) is 0. The monoisotopic (exact) mass is 532 g/mol. The lowest BCUT2D eigenvalue weighted by molar-refractivity contribution is -0.118. The number of carbonyl (C=O) groups is 2. The summed E-state index contributed by atoms with van der Waals surface area (Å²) < 4.78 is 11.1. The first kappa shape index (κ1) is 30.7. The average molecular weight is 533 g/mol. The molecule has 2 aromatic carbocycles. The summed E-state index contributed by atoms with van der Waals surface area (Å²) >= 11 is 0. The number of unbranched alkanes of at least 4 members (excludes halogenated alkanes) is 14. The second-order valence-corrected chi connectivity index (χ2v) is 11.0. The Kier molecular flexibility index (Phi) is 13.9. The molecule has 0 amide bonds. The van der Waals surface area contributed by atoms with Crippen LogP contribution in [-0.4, -0.2) is 18.7 Å². The lowest BCUT2D eigenvalue weighted by Gasteiger charge is -2.05. The summed E-state index contributed by atoms with van der Waals surface area (Å²) in [7, 11) is 1.61. The summed E-state index contributed by atoms with van der Waals surface area (Å²) in [6.45, 7) is 2.27. The van der Waals surface area contributed by atoms with E-state index in [9.17, 15) is 9.59 Å². The molecule has 2 aromatic rings. The summed E-state index contributed by atoms with van der Waals surface area (Å²) in [6.07, 6.45) is 22.5. The second kappa shape index (κ2) is 17.7. The van der Waals surface area contributed by atoms with Crippen LogP contribution < -0.4 is 9.47 Å². The van der Waals surface area contributed by atoms with Crippen LogP contribution in [0.4, 0.5) is 0 Å². The van der Waals surface area contributed by atoms with Gasteiger partial charge in [-0.25, -0.2) is 0 Å². The van der Waals surface area contributed by atoms with Crippen molar-refractivity contribution in [3.63, 3.8) is 0 Å². The van der Waals surface area contributed by atoms with Gasteiger partial charge in [-0.1, -0.05) is 115 Å². The molecule has 0 saturated carbocycles. The van der Waals surface area contributed by atoms with E-state index in [1.54, 1.807) is 19.3 Å². The van der Waals surface area contributed by atoms with Gasteiger partial charge in [-0.15, -0.1) is 0 Å². The molecule has 0 bridgehead atoms. The Morgan fingerprint density at radius 3 is 2.03 bits per heavy atom. The quantitative estimate of drug-likeness (QED) is 0.126. The Hall–Kier alpha value is -2.88. The van der Waals surface area contributed by atoms with Gasteiger partial charge in [0.2, 0.25) is 5.78 Å². The zero-order valence-corrected chi connectivity index (χ0v) is 24.3. The Morgan fingerprint density at radius 2 is 1.41 bits per heavy atom. The van der Waals surface area contributed by atoms with E-state index in [2.05, 4.69) is 6.92 Å². The SMILES string of the molecule is CCCCCCCCCCCCCCCCCC(=O)Cc1ccc2c(c1)C(=O)/C(=C/c1cccc(OC)c1)O2. The highest BCUT2D eigenvalue weighted by molar-refractivity contribution is 6.14. The van der Waals surface area contributed by atoms with Crippen LogP contribution >= 0.6 is 0 Å². The van der Waals surface area contributed by atoms with Crippen LogP contribution in [0, 0.1) is 0 Å². The smallest absolute Gasteiger partial charge is 0.231 e. The molecule has 0 radical (unpaired) electrons. The maximum atomic E-state index is 12.9. The predicted octanol–water partition coefficient (Wildman–Crippen LogP) is 9.68. The highest BCUT2D eigenvalue weighted by Gasteiger charge is 2.27. The first-order valence-electron chi connectivity index (χ1n) is 15.3. The number of hydrogen-bond acceptors (Lipinski definition) is 4. The number of carbonyl (C=O) groups excluding carboxylic acids is 2. The van der Waals surface area contributed by atoms with Gasteiger partial charge < -0.3 is 9.47 Å². The van der Waals surface area contributed by atoms with Gasteiger partial charge in [-0.2, -0.15) is 0 Å². The molecular weight excluding hydrogens is 484 g/mol. The van der Waals surface area contributed by atoms with Gasteiger partial charge in [0.15, 0.2) is 5.76 Å². The van der Waals surface area contributed by atoms with Gasteiger partial charge in [0, 0.05) is 12.8 Å². The number of hydrogen-bond donors (Lipinski definition) is 0. The lowest BCUT2D eigenvalue weighted by atomic mass is 10.00. The fourth-order valence-corrected chi connectivity index (χ4v) is 5.24. The number of Topliss-reactive ketones (excluding diaryl/α,β-unsaturated/α-hetero) is 2. The van der Waals surface area contributed by atoms with Crippen molar-refractivity contribution in [3.05, 3.63) is 64.9 Å². The molecule has 1 aliphatic heterocycles. The summed E-state index contributed by atoms with van der Waals surface area (Å²) in [6, 6.07) is 13.0. The Labute approximate surface area is 236 Å². The van der Waals surface area contributed by atoms with Gasteiger partial charge in [0.1, 0.15) is 17.3 Å². The zero-order chi connectivity index (χ0) is 27.7. The molecule has 212 valence electrons. The zero-order valence-electron chi connectivity index (χ0n) is 24.3. The van der Waals surface area contributed by atoms with Crippen molar-refractivity contribution in [1.29, 1.82) is 0 Å². The molecule has 0 unspecified atom stereocenters. The first-order chi connectivity index (χ1) is 19.1.